The van der Waals surface area contributed by atoms with Gasteiger partial charge in [0.2, 0.25) is 0 Å². The first-order chi connectivity index (χ1) is 21.4. The number of aromatic nitrogens is 1. The van der Waals surface area contributed by atoms with Crippen LogP contribution < -0.4 is 9.81 Å². The molecule has 0 unspecified atom stereocenters. The summed E-state index contributed by atoms with van der Waals surface area (Å²) in [4.78, 5) is 13.2. The first-order valence-electron chi connectivity index (χ1n) is 14.2. The van der Waals surface area contributed by atoms with Crippen molar-refractivity contribution >= 4 is 31.8 Å². The van der Waals surface area contributed by atoms with Crippen LogP contribution >= 0.6 is 0 Å². The van der Waals surface area contributed by atoms with Crippen LogP contribution in [0.2, 0.25) is 0 Å². The number of rotatable bonds is 7. The minimum Gasteiger partial charge on any atom is -0.388 e. The van der Waals surface area contributed by atoms with E-state index in [1.807, 2.05) is 73.8 Å². The van der Waals surface area contributed by atoms with Gasteiger partial charge in [-0.2, -0.15) is 8.42 Å². The van der Waals surface area contributed by atoms with E-state index in [-0.39, 0.29) is 16.8 Å². The molecule has 7 aromatic rings. The Bertz CT molecular complexity index is 2250. The molecule has 0 spiro atoms. The summed E-state index contributed by atoms with van der Waals surface area (Å²) in [5.74, 6) is -0.635. The topological polar surface area (TPSA) is 78.5 Å². The summed E-state index contributed by atoms with van der Waals surface area (Å²) in [6.45, 7) is 0. The minimum absolute atomic E-state index is 0.0497. The normalized spacial score (nSPS) is 11.8. The Hall–Kier alpha value is -5.40. The van der Waals surface area contributed by atoms with Crippen molar-refractivity contribution in [3.8, 4) is 17.1 Å². The first kappa shape index (κ1) is 27.4. The largest absolute Gasteiger partial charge is 0.388 e. The number of hydrogen-bond acceptors (Lipinski definition) is 5. The van der Waals surface area contributed by atoms with Gasteiger partial charge in [0, 0.05) is 40.5 Å². The van der Waals surface area contributed by atoms with Gasteiger partial charge in [0.25, 0.3) is 0 Å². The fraction of sp³-hybridized carbons (Fsp3) is 0.0541. The average molecular weight is 598 g/mol. The van der Waals surface area contributed by atoms with Crippen molar-refractivity contribution in [3.05, 3.63) is 167 Å². The summed E-state index contributed by atoms with van der Waals surface area (Å²) in [5, 5.41) is 1.71. The van der Waals surface area contributed by atoms with Crippen LogP contribution in [0, 0.1) is 0 Å². The van der Waals surface area contributed by atoms with E-state index >= 15 is 0 Å². The molecule has 0 radical (unpaired) electrons. The maximum atomic E-state index is 13.6. The van der Waals surface area contributed by atoms with Crippen molar-refractivity contribution in [2.75, 3.05) is 0 Å². The van der Waals surface area contributed by atoms with Gasteiger partial charge in [0.1, 0.15) is 4.90 Å². The third-order valence-corrected chi connectivity index (χ3v) is 9.18. The first-order valence-corrected chi connectivity index (χ1v) is 15.6. The zero-order valence-corrected chi connectivity index (χ0v) is 24.6. The van der Waals surface area contributed by atoms with Crippen LogP contribution in [0.15, 0.2) is 154 Å². The van der Waals surface area contributed by atoms with Gasteiger partial charge in [0.05, 0.1) is 10.9 Å². The molecule has 216 valence electrons. The molecule has 7 rings (SSSR count). The maximum absolute atomic E-state index is 13.6. The highest BCUT2D eigenvalue weighted by Crippen LogP contribution is 2.48. The molecule has 0 aliphatic carbocycles. The van der Waals surface area contributed by atoms with Crippen molar-refractivity contribution in [3.63, 3.8) is 0 Å². The van der Waals surface area contributed by atoms with Gasteiger partial charge < -0.3 is 13.2 Å². The Morgan fingerprint density at radius 1 is 0.614 bits per heavy atom. The zero-order valence-electron chi connectivity index (χ0n) is 23.8. The van der Waals surface area contributed by atoms with Crippen LogP contribution in [0.3, 0.4) is 0 Å². The zero-order chi connectivity index (χ0) is 30.3. The highest BCUT2D eigenvalue weighted by molar-refractivity contribution is 7.87. The van der Waals surface area contributed by atoms with E-state index < -0.39 is 15.7 Å². The van der Waals surface area contributed by atoms with Crippen molar-refractivity contribution in [1.29, 1.82) is 0 Å². The van der Waals surface area contributed by atoms with Crippen LogP contribution in [0.1, 0.15) is 22.7 Å². The molecule has 0 atom stereocenters. The van der Waals surface area contributed by atoms with Gasteiger partial charge in [-0.05, 0) is 35.4 Å². The second-order valence-corrected chi connectivity index (χ2v) is 12.1. The Morgan fingerprint density at radius 2 is 1.11 bits per heavy atom. The summed E-state index contributed by atoms with van der Waals surface area (Å²) in [6, 6.07) is 43.1. The second-order valence-electron chi connectivity index (χ2n) is 10.5. The Kier molecular flexibility index (Phi) is 6.87. The van der Waals surface area contributed by atoms with E-state index in [2.05, 4.69) is 28.8 Å². The molecule has 7 heteroatoms. The molecule has 5 aromatic carbocycles. The van der Waals surface area contributed by atoms with Gasteiger partial charge in [0.15, 0.2) is 0 Å². The standard InChI is InChI=1S/C37H27NO5S/c1-38-31-24-14-13-23-30(31)33(35(38)32(25-15-5-2-6-16-25)26-17-7-3-8-18-26)34-28-21-11-12-22-29(28)36(39)42-37(34)43-44(40,41)27-19-9-4-10-20-27/h2-24,32H,1H3. The summed E-state index contributed by atoms with van der Waals surface area (Å²) in [7, 11) is -2.35. The molecule has 0 fully saturated rings. The molecular weight excluding hydrogens is 570 g/mol. The summed E-state index contributed by atoms with van der Waals surface area (Å²) in [5.41, 5.74) is 4.35. The number of nitrogens with zero attached hydrogens (tertiary/aromatic N) is 1. The second kappa shape index (κ2) is 11.0. The number of aryl methyl sites for hydroxylation is 1. The predicted molar refractivity (Wildman–Crippen MR) is 172 cm³/mol. The maximum Gasteiger partial charge on any atom is 0.346 e. The minimum atomic E-state index is -4.35. The van der Waals surface area contributed by atoms with Crippen LogP contribution in [-0.4, -0.2) is 13.0 Å². The van der Waals surface area contributed by atoms with E-state index in [0.717, 1.165) is 33.3 Å². The molecular formula is C37H27NO5S. The number of para-hydroxylation sites is 1. The molecule has 2 heterocycles. The predicted octanol–water partition coefficient (Wildman–Crippen LogP) is 7.90. The summed E-state index contributed by atoms with van der Waals surface area (Å²) in [6.07, 6.45) is 0. The highest BCUT2D eigenvalue weighted by Gasteiger charge is 2.32. The highest BCUT2D eigenvalue weighted by atomic mass is 32.2. The quantitative estimate of drug-likeness (QED) is 0.175. The van der Waals surface area contributed by atoms with Crippen LogP contribution in [0.4, 0.5) is 0 Å². The van der Waals surface area contributed by atoms with Crippen molar-refractivity contribution in [2.45, 2.75) is 10.8 Å². The van der Waals surface area contributed by atoms with E-state index in [0.29, 0.717) is 16.3 Å². The fourth-order valence-corrected chi connectivity index (χ4v) is 6.93. The monoisotopic (exact) mass is 597 g/mol. The number of hydrogen-bond donors (Lipinski definition) is 0. The van der Waals surface area contributed by atoms with Crippen molar-refractivity contribution in [2.24, 2.45) is 7.05 Å². The molecule has 0 N–H and O–H groups in total. The lowest BCUT2D eigenvalue weighted by Gasteiger charge is -2.23. The molecule has 0 amide bonds. The Morgan fingerprint density at radius 3 is 1.73 bits per heavy atom. The van der Waals surface area contributed by atoms with E-state index in [1.165, 1.54) is 12.1 Å². The molecule has 0 saturated carbocycles. The van der Waals surface area contributed by atoms with Gasteiger partial charge in [-0.25, -0.2) is 4.79 Å². The third kappa shape index (κ3) is 4.68. The van der Waals surface area contributed by atoms with E-state index in [9.17, 15) is 13.2 Å². The fourth-order valence-electron chi connectivity index (χ4n) is 6.02. The van der Waals surface area contributed by atoms with Crippen molar-refractivity contribution in [1.82, 2.24) is 4.57 Å². The molecule has 0 saturated heterocycles. The molecule has 0 aliphatic rings. The van der Waals surface area contributed by atoms with Crippen LogP contribution in [0.25, 0.3) is 32.8 Å². The average Bonchev–Trinajstić information content (AvgIpc) is 3.34. The van der Waals surface area contributed by atoms with E-state index in [1.54, 1.807) is 36.4 Å². The smallest absolute Gasteiger partial charge is 0.346 e. The third-order valence-electron chi connectivity index (χ3n) is 7.96. The molecule has 6 nitrogen and oxygen atoms in total. The summed E-state index contributed by atoms with van der Waals surface area (Å²) >= 11 is 0. The summed E-state index contributed by atoms with van der Waals surface area (Å²) < 4.78 is 40.8. The van der Waals surface area contributed by atoms with Gasteiger partial charge in [-0.1, -0.05) is 115 Å². The van der Waals surface area contributed by atoms with Crippen molar-refractivity contribution < 1.29 is 17.0 Å². The SMILES string of the molecule is Cn1c(C(c2ccccc2)c2ccccc2)c(-c2c(OS(=O)(=O)c3ccccc3)oc(=O)c3ccccc23)c2ccccc21. The molecule has 0 bridgehead atoms. The molecule has 0 aliphatic heterocycles. The van der Waals surface area contributed by atoms with Crippen LogP contribution in [0.5, 0.6) is 5.95 Å². The van der Waals surface area contributed by atoms with E-state index in [4.69, 9.17) is 8.60 Å². The molecule has 44 heavy (non-hydrogen) atoms. The number of fused-ring (bicyclic) bond motifs is 2. The number of benzene rings is 5. The lowest BCUT2D eigenvalue weighted by molar-refractivity contribution is 0.364. The van der Waals surface area contributed by atoms with Crippen LogP contribution in [-0.2, 0) is 17.2 Å². The Labute approximate surface area is 254 Å². The Balaban J connectivity index is 1.61. The van der Waals surface area contributed by atoms with Gasteiger partial charge in [-0.3, -0.25) is 0 Å². The molecule has 2 aromatic heterocycles. The van der Waals surface area contributed by atoms with Gasteiger partial charge >= 0.3 is 21.7 Å². The van der Waals surface area contributed by atoms with Gasteiger partial charge in [-0.15, -0.1) is 0 Å². The lowest BCUT2D eigenvalue weighted by atomic mass is 9.84. The lowest BCUT2D eigenvalue weighted by Crippen LogP contribution is -2.14.